The van der Waals surface area contributed by atoms with E-state index in [2.05, 4.69) is 11.4 Å². The molecule has 2 aromatic rings. The Labute approximate surface area is 154 Å². The second-order valence-corrected chi connectivity index (χ2v) is 8.56. The van der Waals surface area contributed by atoms with Crippen LogP contribution in [0.5, 0.6) is 0 Å². The van der Waals surface area contributed by atoms with Crippen LogP contribution in [0, 0.1) is 6.92 Å². The Kier molecular flexibility index (Phi) is 5.16. The lowest BCUT2D eigenvalue weighted by molar-refractivity contribution is -0.129. The topological polar surface area (TPSA) is 89.3 Å². The van der Waals surface area contributed by atoms with Crippen molar-refractivity contribution < 1.29 is 13.2 Å². The minimum Gasteiger partial charge on any atom is -0.355 e. The largest absolute Gasteiger partial charge is 0.355 e. The van der Waals surface area contributed by atoms with E-state index in [9.17, 15) is 13.2 Å². The van der Waals surface area contributed by atoms with E-state index in [-0.39, 0.29) is 10.8 Å². The maximum Gasteiger partial charge on any atom is 0.238 e. The van der Waals surface area contributed by atoms with Crippen LogP contribution in [0.2, 0.25) is 0 Å². The number of aryl methyl sites for hydroxylation is 1. The fourth-order valence-electron chi connectivity index (χ4n) is 3.46. The van der Waals surface area contributed by atoms with Gasteiger partial charge >= 0.3 is 0 Å². The predicted molar refractivity (Wildman–Crippen MR) is 101 cm³/mol. The molecule has 0 spiro atoms. The number of rotatable bonds is 6. The summed E-state index contributed by atoms with van der Waals surface area (Å²) in [4.78, 5) is 12.9. The average molecular weight is 372 g/mol. The summed E-state index contributed by atoms with van der Waals surface area (Å²) >= 11 is 0. The van der Waals surface area contributed by atoms with Crippen LogP contribution in [0.25, 0.3) is 0 Å². The molecule has 0 aliphatic heterocycles. The molecule has 0 radical (unpaired) electrons. The van der Waals surface area contributed by atoms with Gasteiger partial charge < -0.3 is 5.32 Å². The van der Waals surface area contributed by atoms with Gasteiger partial charge in [-0.15, -0.1) is 0 Å². The number of sulfonamides is 1. The fourth-order valence-corrected chi connectivity index (χ4v) is 3.97. The molecule has 1 aliphatic rings. The number of hydrogen-bond acceptors (Lipinski definition) is 3. The van der Waals surface area contributed by atoms with Crippen LogP contribution in [0.4, 0.5) is 0 Å². The predicted octanol–water partition coefficient (Wildman–Crippen LogP) is 2.42. The molecule has 2 aromatic carbocycles. The Hall–Kier alpha value is -2.18. The average Bonchev–Trinajstić information content (AvgIpc) is 2.53. The molecule has 0 aromatic heterocycles. The first-order chi connectivity index (χ1) is 12.3. The zero-order valence-corrected chi connectivity index (χ0v) is 15.7. The zero-order chi connectivity index (χ0) is 18.8. The molecule has 3 N–H and O–H groups in total. The van der Waals surface area contributed by atoms with Gasteiger partial charge in [-0.05, 0) is 49.4 Å². The molecule has 1 aliphatic carbocycles. The van der Waals surface area contributed by atoms with Crippen LogP contribution in [-0.2, 0) is 26.7 Å². The summed E-state index contributed by atoms with van der Waals surface area (Å²) in [6, 6.07) is 14.6. The van der Waals surface area contributed by atoms with Crippen LogP contribution in [0.1, 0.15) is 36.0 Å². The van der Waals surface area contributed by atoms with E-state index < -0.39 is 15.4 Å². The van der Waals surface area contributed by atoms with E-state index in [0.29, 0.717) is 13.0 Å². The standard InChI is InChI=1S/C20H24N2O3S/c1-15-4-2-5-17(14-15)20(11-3-12-20)19(23)22-13-10-16-6-8-18(9-7-16)26(21,24)25/h2,4-9,14H,3,10-13H2,1H3,(H,22,23)(H2,21,24,25). The van der Waals surface area contributed by atoms with E-state index in [4.69, 9.17) is 5.14 Å². The molecule has 1 fully saturated rings. The van der Waals surface area contributed by atoms with Crippen molar-refractivity contribution in [2.24, 2.45) is 5.14 Å². The van der Waals surface area contributed by atoms with Crippen LogP contribution >= 0.6 is 0 Å². The normalized spacial score (nSPS) is 15.9. The highest BCUT2D eigenvalue weighted by atomic mass is 32.2. The number of hydrogen-bond donors (Lipinski definition) is 2. The molecule has 26 heavy (non-hydrogen) atoms. The van der Waals surface area contributed by atoms with Gasteiger partial charge in [0.05, 0.1) is 10.3 Å². The monoisotopic (exact) mass is 372 g/mol. The van der Waals surface area contributed by atoms with Gasteiger partial charge in [-0.3, -0.25) is 4.79 Å². The first kappa shape index (κ1) is 18.6. The number of nitrogens with two attached hydrogens (primary N) is 1. The maximum absolute atomic E-state index is 12.8. The molecule has 3 rings (SSSR count). The fraction of sp³-hybridized carbons (Fsp3) is 0.350. The minimum atomic E-state index is -3.67. The summed E-state index contributed by atoms with van der Waals surface area (Å²) in [7, 11) is -3.67. The summed E-state index contributed by atoms with van der Waals surface area (Å²) in [5, 5.41) is 8.15. The molecule has 0 heterocycles. The summed E-state index contributed by atoms with van der Waals surface area (Å²) < 4.78 is 22.6. The smallest absolute Gasteiger partial charge is 0.238 e. The van der Waals surface area contributed by atoms with Crippen LogP contribution in [0.3, 0.4) is 0 Å². The van der Waals surface area contributed by atoms with Gasteiger partial charge in [0.25, 0.3) is 0 Å². The van der Waals surface area contributed by atoms with Crippen molar-refractivity contribution >= 4 is 15.9 Å². The highest BCUT2D eigenvalue weighted by molar-refractivity contribution is 7.89. The van der Waals surface area contributed by atoms with Gasteiger partial charge in [0.15, 0.2) is 0 Å². The third kappa shape index (κ3) is 3.81. The van der Waals surface area contributed by atoms with Crippen molar-refractivity contribution in [1.82, 2.24) is 5.32 Å². The first-order valence-electron chi connectivity index (χ1n) is 8.78. The lowest BCUT2D eigenvalue weighted by Gasteiger charge is -2.41. The Morgan fingerprint density at radius 1 is 1.15 bits per heavy atom. The molecule has 138 valence electrons. The molecular weight excluding hydrogens is 348 g/mol. The molecule has 0 saturated heterocycles. The van der Waals surface area contributed by atoms with Crippen molar-refractivity contribution in [3.8, 4) is 0 Å². The van der Waals surface area contributed by atoms with Crippen LogP contribution < -0.4 is 10.5 Å². The lowest BCUT2D eigenvalue weighted by atomic mass is 9.63. The lowest BCUT2D eigenvalue weighted by Crippen LogP contribution is -2.49. The molecule has 0 atom stereocenters. The number of carbonyl (C=O) groups is 1. The van der Waals surface area contributed by atoms with E-state index in [1.165, 1.54) is 12.1 Å². The molecule has 1 amide bonds. The van der Waals surface area contributed by atoms with Gasteiger partial charge in [0.2, 0.25) is 15.9 Å². The van der Waals surface area contributed by atoms with Gasteiger partial charge in [0.1, 0.15) is 0 Å². The Balaban J connectivity index is 1.61. The highest BCUT2D eigenvalue weighted by Crippen LogP contribution is 2.44. The Bertz CT molecular complexity index is 901. The SMILES string of the molecule is Cc1cccc(C2(C(=O)NCCc3ccc(S(N)(=O)=O)cc3)CCC2)c1. The first-order valence-corrected chi connectivity index (χ1v) is 10.3. The minimum absolute atomic E-state index is 0.0792. The van der Waals surface area contributed by atoms with Gasteiger partial charge in [0, 0.05) is 6.54 Å². The van der Waals surface area contributed by atoms with E-state index in [0.717, 1.165) is 36.0 Å². The van der Waals surface area contributed by atoms with Crippen LogP contribution in [-0.4, -0.2) is 20.9 Å². The van der Waals surface area contributed by atoms with Crippen molar-refractivity contribution in [2.75, 3.05) is 6.54 Å². The summed E-state index contributed by atoms with van der Waals surface area (Å²) in [5.41, 5.74) is 2.81. The highest BCUT2D eigenvalue weighted by Gasteiger charge is 2.45. The van der Waals surface area contributed by atoms with Crippen molar-refractivity contribution in [3.05, 3.63) is 65.2 Å². The third-order valence-electron chi connectivity index (χ3n) is 5.16. The van der Waals surface area contributed by atoms with Gasteiger partial charge in [-0.25, -0.2) is 13.6 Å². The van der Waals surface area contributed by atoms with Gasteiger partial charge in [-0.2, -0.15) is 0 Å². The number of amides is 1. The molecule has 6 heteroatoms. The summed E-state index contributed by atoms with van der Waals surface area (Å²) in [6.45, 7) is 2.56. The molecule has 0 bridgehead atoms. The number of primary sulfonamides is 1. The second kappa shape index (κ2) is 7.21. The Morgan fingerprint density at radius 3 is 2.38 bits per heavy atom. The second-order valence-electron chi connectivity index (χ2n) is 7.00. The summed E-state index contributed by atoms with van der Waals surface area (Å²) in [6.07, 6.45) is 3.47. The quantitative estimate of drug-likeness (QED) is 0.816. The van der Waals surface area contributed by atoms with E-state index in [1.807, 2.05) is 25.1 Å². The number of carbonyl (C=O) groups excluding carboxylic acids is 1. The number of nitrogens with one attached hydrogen (secondary N) is 1. The zero-order valence-electron chi connectivity index (χ0n) is 14.9. The molecule has 1 saturated carbocycles. The molecular formula is C20H24N2O3S. The third-order valence-corrected chi connectivity index (χ3v) is 6.09. The van der Waals surface area contributed by atoms with E-state index in [1.54, 1.807) is 12.1 Å². The van der Waals surface area contributed by atoms with Crippen molar-refractivity contribution in [2.45, 2.75) is 42.9 Å². The van der Waals surface area contributed by atoms with Crippen molar-refractivity contribution in [1.29, 1.82) is 0 Å². The number of benzene rings is 2. The molecule has 0 unspecified atom stereocenters. The van der Waals surface area contributed by atoms with Crippen LogP contribution in [0.15, 0.2) is 53.4 Å². The summed E-state index contributed by atoms with van der Waals surface area (Å²) in [5.74, 6) is 0.0792. The van der Waals surface area contributed by atoms with E-state index >= 15 is 0 Å². The van der Waals surface area contributed by atoms with Gasteiger partial charge in [-0.1, -0.05) is 48.4 Å². The Morgan fingerprint density at radius 2 is 1.85 bits per heavy atom. The molecule has 5 nitrogen and oxygen atoms in total. The van der Waals surface area contributed by atoms with Crippen molar-refractivity contribution in [3.63, 3.8) is 0 Å². The maximum atomic E-state index is 12.8.